The molecule has 0 N–H and O–H groups in total. The van der Waals surface area contributed by atoms with Gasteiger partial charge in [-0.05, 0) is 32.1 Å². The minimum absolute atomic E-state index is 0.00524. The number of hydrogen-bond donors (Lipinski definition) is 0. The lowest BCUT2D eigenvalue weighted by Gasteiger charge is -2.16. The first-order chi connectivity index (χ1) is 7.08. The molecule has 0 saturated heterocycles. The van der Waals surface area contributed by atoms with Gasteiger partial charge in [0, 0.05) is 11.6 Å². The maximum Gasteiger partial charge on any atom is 0.202 e. The number of allylic oxidation sites excluding steroid dienone is 1. The van der Waals surface area contributed by atoms with Gasteiger partial charge in [-0.25, -0.2) is 0 Å². The molecule has 0 saturated carbocycles. The lowest BCUT2D eigenvalue weighted by Crippen LogP contribution is -2.27. The molecule has 2 heterocycles. The number of carbonyl (C=O) groups is 1. The van der Waals surface area contributed by atoms with Gasteiger partial charge >= 0.3 is 0 Å². The SMILES string of the molecule is CC1(C)OC(C=Cc2ccoc2)=CC1=O. The molecular weight excluding hydrogens is 192 g/mol. The summed E-state index contributed by atoms with van der Waals surface area (Å²) in [6, 6.07) is 1.83. The van der Waals surface area contributed by atoms with E-state index in [4.69, 9.17) is 9.15 Å². The predicted molar refractivity (Wildman–Crippen MR) is 56.0 cm³/mol. The number of carbonyl (C=O) groups excluding carboxylic acids is 1. The van der Waals surface area contributed by atoms with Gasteiger partial charge in [0.1, 0.15) is 5.76 Å². The maximum absolute atomic E-state index is 11.4. The van der Waals surface area contributed by atoms with Gasteiger partial charge in [-0.2, -0.15) is 0 Å². The van der Waals surface area contributed by atoms with Crippen molar-refractivity contribution in [3.05, 3.63) is 42.1 Å². The zero-order valence-corrected chi connectivity index (χ0v) is 8.69. The van der Waals surface area contributed by atoms with E-state index in [1.807, 2.05) is 12.1 Å². The van der Waals surface area contributed by atoms with Crippen LogP contribution in [0, 0.1) is 0 Å². The summed E-state index contributed by atoms with van der Waals surface area (Å²) in [5, 5.41) is 0. The van der Waals surface area contributed by atoms with E-state index in [0.29, 0.717) is 5.76 Å². The van der Waals surface area contributed by atoms with Crippen LogP contribution in [0.25, 0.3) is 6.08 Å². The van der Waals surface area contributed by atoms with Crippen molar-refractivity contribution in [2.45, 2.75) is 19.4 Å². The Labute approximate surface area is 88.0 Å². The van der Waals surface area contributed by atoms with Crippen molar-refractivity contribution in [1.29, 1.82) is 0 Å². The molecule has 0 atom stereocenters. The lowest BCUT2D eigenvalue weighted by atomic mass is 10.1. The van der Waals surface area contributed by atoms with E-state index < -0.39 is 5.60 Å². The molecule has 78 valence electrons. The quantitative estimate of drug-likeness (QED) is 0.743. The summed E-state index contributed by atoms with van der Waals surface area (Å²) in [5.41, 5.74) is 0.215. The van der Waals surface area contributed by atoms with Gasteiger partial charge in [0.05, 0.1) is 12.5 Å². The molecule has 3 nitrogen and oxygen atoms in total. The van der Waals surface area contributed by atoms with Gasteiger partial charge in [-0.1, -0.05) is 0 Å². The van der Waals surface area contributed by atoms with Crippen molar-refractivity contribution in [2.24, 2.45) is 0 Å². The predicted octanol–water partition coefficient (Wildman–Crippen LogP) is 2.55. The van der Waals surface area contributed by atoms with E-state index in [0.717, 1.165) is 5.56 Å². The van der Waals surface area contributed by atoms with Crippen molar-refractivity contribution in [3.8, 4) is 0 Å². The first kappa shape index (κ1) is 9.77. The van der Waals surface area contributed by atoms with Crippen LogP contribution in [-0.4, -0.2) is 11.4 Å². The second kappa shape index (κ2) is 3.42. The van der Waals surface area contributed by atoms with E-state index in [1.165, 1.54) is 6.08 Å². The van der Waals surface area contributed by atoms with E-state index in [9.17, 15) is 4.79 Å². The zero-order valence-electron chi connectivity index (χ0n) is 8.69. The Morgan fingerprint density at radius 2 is 2.13 bits per heavy atom. The molecule has 0 spiro atoms. The van der Waals surface area contributed by atoms with Crippen LogP contribution >= 0.6 is 0 Å². The molecule has 1 aromatic heterocycles. The lowest BCUT2D eigenvalue weighted by molar-refractivity contribution is -0.126. The van der Waals surface area contributed by atoms with Gasteiger partial charge in [-0.3, -0.25) is 4.79 Å². The van der Waals surface area contributed by atoms with Crippen LogP contribution in [-0.2, 0) is 9.53 Å². The molecule has 0 radical (unpaired) electrons. The molecule has 0 bridgehead atoms. The molecule has 1 aliphatic rings. The molecule has 0 aliphatic carbocycles. The molecule has 15 heavy (non-hydrogen) atoms. The van der Waals surface area contributed by atoms with Crippen molar-refractivity contribution in [1.82, 2.24) is 0 Å². The fourth-order valence-electron chi connectivity index (χ4n) is 1.31. The van der Waals surface area contributed by atoms with Crippen molar-refractivity contribution >= 4 is 11.9 Å². The second-order valence-electron chi connectivity index (χ2n) is 3.91. The smallest absolute Gasteiger partial charge is 0.202 e. The van der Waals surface area contributed by atoms with Crippen LogP contribution in [0.15, 0.2) is 40.9 Å². The molecular formula is C12H12O3. The van der Waals surface area contributed by atoms with Crippen LogP contribution in [0.5, 0.6) is 0 Å². The van der Waals surface area contributed by atoms with Crippen LogP contribution < -0.4 is 0 Å². The zero-order chi connectivity index (χ0) is 10.9. The number of furan rings is 1. The summed E-state index contributed by atoms with van der Waals surface area (Å²) in [6.07, 6.45) is 8.33. The molecule has 3 heteroatoms. The number of hydrogen-bond acceptors (Lipinski definition) is 3. The number of rotatable bonds is 2. The van der Waals surface area contributed by atoms with Gasteiger partial charge in [0.15, 0.2) is 5.60 Å². The monoisotopic (exact) mass is 204 g/mol. The van der Waals surface area contributed by atoms with Gasteiger partial charge in [-0.15, -0.1) is 0 Å². The van der Waals surface area contributed by atoms with Crippen molar-refractivity contribution < 1.29 is 13.9 Å². The molecule has 0 amide bonds. The van der Waals surface area contributed by atoms with Crippen molar-refractivity contribution in [2.75, 3.05) is 0 Å². The van der Waals surface area contributed by atoms with Gasteiger partial charge < -0.3 is 9.15 Å². The molecule has 0 aromatic carbocycles. The average molecular weight is 204 g/mol. The standard InChI is InChI=1S/C12H12O3/c1-12(2)11(13)7-10(15-12)4-3-9-5-6-14-8-9/h3-8H,1-2H3. The minimum Gasteiger partial charge on any atom is -0.480 e. The second-order valence-corrected chi connectivity index (χ2v) is 3.91. The van der Waals surface area contributed by atoms with Gasteiger partial charge in [0.2, 0.25) is 5.78 Å². The van der Waals surface area contributed by atoms with E-state index in [1.54, 1.807) is 32.4 Å². The largest absolute Gasteiger partial charge is 0.480 e. The number of ketones is 1. The molecule has 1 aliphatic heterocycles. The maximum atomic E-state index is 11.4. The summed E-state index contributed by atoms with van der Waals surface area (Å²) in [6.45, 7) is 3.51. The van der Waals surface area contributed by atoms with E-state index >= 15 is 0 Å². The van der Waals surface area contributed by atoms with Gasteiger partial charge in [0.25, 0.3) is 0 Å². The van der Waals surface area contributed by atoms with Crippen LogP contribution in [0.4, 0.5) is 0 Å². The Kier molecular flexibility index (Phi) is 2.23. The number of ether oxygens (including phenoxy) is 1. The van der Waals surface area contributed by atoms with Crippen molar-refractivity contribution in [3.63, 3.8) is 0 Å². The summed E-state index contributed by atoms with van der Waals surface area (Å²) in [7, 11) is 0. The average Bonchev–Trinajstić information content (AvgIpc) is 2.72. The molecule has 1 aromatic rings. The Bertz CT molecular complexity index is 422. The Hall–Kier alpha value is -1.77. The normalized spacial score (nSPS) is 19.3. The third-order valence-corrected chi connectivity index (χ3v) is 2.22. The highest BCUT2D eigenvalue weighted by molar-refractivity contribution is 5.99. The summed E-state index contributed by atoms with van der Waals surface area (Å²) < 4.78 is 10.4. The summed E-state index contributed by atoms with van der Waals surface area (Å²) in [5.74, 6) is 0.584. The topological polar surface area (TPSA) is 39.4 Å². The third-order valence-electron chi connectivity index (χ3n) is 2.22. The molecule has 2 rings (SSSR count). The Morgan fingerprint density at radius 1 is 1.33 bits per heavy atom. The van der Waals surface area contributed by atoms with Crippen LogP contribution in [0.1, 0.15) is 19.4 Å². The Balaban J connectivity index is 2.10. The fraction of sp³-hybridized carbons (Fsp3) is 0.250. The van der Waals surface area contributed by atoms with Crippen LogP contribution in [0.3, 0.4) is 0 Å². The summed E-state index contributed by atoms with van der Waals surface area (Å²) in [4.78, 5) is 11.4. The van der Waals surface area contributed by atoms with Crippen LogP contribution in [0.2, 0.25) is 0 Å². The third kappa shape index (κ3) is 2.01. The summed E-state index contributed by atoms with van der Waals surface area (Å²) >= 11 is 0. The fourth-order valence-corrected chi connectivity index (χ4v) is 1.31. The Morgan fingerprint density at radius 3 is 2.67 bits per heavy atom. The first-order valence-corrected chi connectivity index (χ1v) is 4.73. The highest BCUT2D eigenvalue weighted by Gasteiger charge is 2.33. The van der Waals surface area contributed by atoms with E-state index in [-0.39, 0.29) is 5.78 Å². The highest BCUT2D eigenvalue weighted by Crippen LogP contribution is 2.25. The molecule has 0 unspecified atom stereocenters. The highest BCUT2D eigenvalue weighted by atomic mass is 16.5. The van der Waals surface area contributed by atoms with E-state index in [2.05, 4.69) is 0 Å². The first-order valence-electron chi connectivity index (χ1n) is 4.73. The molecule has 0 fully saturated rings. The minimum atomic E-state index is -0.726.